The van der Waals surface area contributed by atoms with E-state index >= 15 is 0 Å². The minimum Gasteiger partial charge on any atom is -0.494 e. The van der Waals surface area contributed by atoms with Gasteiger partial charge in [0.2, 0.25) is 11.9 Å². The molecule has 4 aromatic rings. The predicted molar refractivity (Wildman–Crippen MR) is 147 cm³/mol. The zero-order valence-electron chi connectivity index (χ0n) is 21.1. The Kier molecular flexibility index (Phi) is 6.13. The zero-order chi connectivity index (χ0) is 25.4. The van der Waals surface area contributed by atoms with Gasteiger partial charge >= 0.3 is 0 Å². The Bertz CT molecular complexity index is 1450. The van der Waals surface area contributed by atoms with Crippen molar-refractivity contribution in [3.8, 4) is 17.0 Å². The van der Waals surface area contributed by atoms with Gasteiger partial charge in [0.15, 0.2) is 0 Å². The van der Waals surface area contributed by atoms with Crippen molar-refractivity contribution in [2.45, 2.75) is 25.8 Å². The summed E-state index contributed by atoms with van der Waals surface area (Å²) in [5.74, 6) is 0.988. The van der Waals surface area contributed by atoms with Crippen LogP contribution in [0.3, 0.4) is 0 Å². The Hall–Kier alpha value is -4.11. The van der Waals surface area contributed by atoms with Crippen molar-refractivity contribution in [1.82, 2.24) is 19.9 Å². The van der Waals surface area contributed by atoms with E-state index in [4.69, 9.17) is 9.72 Å². The first-order valence-corrected chi connectivity index (χ1v) is 12.8. The normalized spacial score (nSPS) is 15.6. The molecule has 6 rings (SSSR count). The van der Waals surface area contributed by atoms with Gasteiger partial charge in [-0.1, -0.05) is 18.2 Å². The highest BCUT2D eigenvalue weighted by Crippen LogP contribution is 2.42. The summed E-state index contributed by atoms with van der Waals surface area (Å²) in [6, 6.07) is 14.8. The van der Waals surface area contributed by atoms with Crippen molar-refractivity contribution >= 4 is 39.8 Å². The summed E-state index contributed by atoms with van der Waals surface area (Å²) in [4.78, 5) is 23.6. The van der Waals surface area contributed by atoms with E-state index in [2.05, 4.69) is 60.9 Å². The third-order valence-corrected chi connectivity index (χ3v) is 6.95. The second kappa shape index (κ2) is 9.74. The highest BCUT2D eigenvalue weighted by Gasteiger charge is 2.26. The number of rotatable bonds is 7. The van der Waals surface area contributed by atoms with Crippen molar-refractivity contribution in [1.29, 1.82) is 0 Å². The molecule has 1 aliphatic carbocycles. The number of hydrogen-bond donors (Lipinski definition) is 3. The molecule has 3 heterocycles. The van der Waals surface area contributed by atoms with E-state index in [1.54, 1.807) is 13.3 Å². The number of fused-ring (bicyclic) bond motifs is 1. The summed E-state index contributed by atoms with van der Waals surface area (Å²) in [6.07, 6.45) is 6.42. The Labute approximate surface area is 215 Å². The Morgan fingerprint density at radius 2 is 1.92 bits per heavy atom. The van der Waals surface area contributed by atoms with E-state index in [9.17, 15) is 4.79 Å². The standard InChI is InChI=1S/C28H31N7O2/c1-18(36)31-23-15-24(27(37-2)16-26(23)34-13-11-29-12-14-34)33-28-30-10-9-22(32-28)21-17-35(19-7-8-19)25-6-4-3-5-20(21)25/h3-6,9-10,15-17,19,29H,7-8,11-14H2,1-2H3,(H,31,36)(H,30,32,33). The van der Waals surface area contributed by atoms with Gasteiger partial charge in [-0.25, -0.2) is 9.97 Å². The first-order chi connectivity index (χ1) is 18.1. The van der Waals surface area contributed by atoms with Gasteiger partial charge in [-0.3, -0.25) is 4.79 Å². The summed E-state index contributed by atoms with van der Waals surface area (Å²) in [7, 11) is 1.64. The molecule has 9 heteroatoms. The number of carbonyl (C=O) groups is 1. The van der Waals surface area contributed by atoms with Crippen LogP contribution in [0, 0.1) is 0 Å². The maximum absolute atomic E-state index is 12.0. The largest absolute Gasteiger partial charge is 0.494 e. The lowest BCUT2D eigenvalue weighted by Crippen LogP contribution is -2.43. The molecule has 2 fully saturated rings. The molecule has 2 aliphatic rings. The summed E-state index contributed by atoms with van der Waals surface area (Å²) in [6.45, 7) is 4.99. The molecule has 1 amide bonds. The van der Waals surface area contributed by atoms with Gasteiger partial charge in [-0.05, 0) is 31.0 Å². The van der Waals surface area contributed by atoms with Crippen LogP contribution in [0.25, 0.3) is 22.2 Å². The van der Waals surface area contributed by atoms with Crippen LogP contribution in [0.2, 0.25) is 0 Å². The summed E-state index contributed by atoms with van der Waals surface area (Å²) >= 11 is 0. The lowest BCUT2D eigenvalue weighted by molar-refractivity contribution is -0.114. The second-order valence-corrected chi connectivity index (χ2v) is 9.58. The molecule has 2 aromatic carbocycles. The van der Waals surface area contributed by atoms with Crippen LogP contribution in [0.15, 0.2) is 54.9 Å². The smallest absolute Gasteiger partial charge is 0.227 e. The van der Waals surface area contributed by atoms with Crippen molar-refractivity contribution in [2.24, 2.45) is 0 Å². The molecular weight excluding hydrogens is 466 g/mol. The fourth-order valence-corrected chi connectivity index (χ4v) is 5.05. The third-order valence-electron chi connectivity index (χ3n) is 6.95. The topological polar surface area (TPSA) is 96.3 Å². The van der Waals surface area contributed by atoms with Crippen molar-refractivity contribution < 1.29 is 9.53 Å². The van der Waals surface area contributed by atoms with E-state index in [1.165, 1.54) is 30.7 Å². The molecule has 1 saturated heterocycles. The predicted octanol–water partition coefficient (Wildman–Crippen LogP) is 4.55. The fraction of sp³-hybridized carbons (Fsp3) is 0.321. The molecule has 2 aromatic heterocycles. The van der Waals surface area contributed by atoms with Gasteiger partial charge < -0.3 is 30.2 Å². The van der Waals surface area contributed by atoms with E-state index in [0.717, 1.165) is 48.8 Å². The molecule has 1 saturated carbocycles. The number of nitrogens with one attached hydrogen (secondary N) is 3. The van der Waals surface area contributed by atoms with Crippen molar-refractivity contribution in [3.63, 3.8) is 0 Å². The van der Waals surface area contributed by atoms with Gasteiger partial charge in [0.25, 0.3) is 0 Å². The Morgan fingerprint density at radius 1 is 1.11 bits per heavy atom. The summed E-state index contributed by atoms with van der Waals surface area (Å²) in [5.41, 5.74) is 5.52. The summed E-state index contributed by atoms with van der Waals surface area (Å²) < 4.78 is 8.11. The van der Waals surface area contributed by atoms with Gasteiger partial charge in [-0.2, -0.15) is 0 Å². The highest BCUT2D eigenvalue weighted by atomic mass is 16.5. The SMILES string of the molecule is COc1cc(N2CCNCC2)c(NC(C)=O)cc1Nc1nccc(-c2cn(C3CC3)c3ccccc23)n1. The number of benzene rings is 2. The highest BCUT2D eigenvalue weighted by molar-refractivity contribution is 5.96. The second-order valence-electron chi connectivity index (χ2n) is 9.58. The third kappa shape index (κ3) is 4.70. The lowest BCUT2D eigenvalue weighted by Gasteiger charge is -2.31. The maximum Gasteiger partial charge on any atom is 0.227 e. The minimum absolute atomic E-state index is 0.127. The number of anilines is 4. The number of methoxy groups -OCH3 is 1. The Balaban J connectivity index is 1.36. The monoisotopic (exact) mass is 497 g/mol. The van der Waals surface area contributed by atoms with Crippen molar-refractivity contribution in [2.75, 3.05) is 48.8 Å². The van der Waals surface area contributed by atoms with Crippen LogP contribution in [0.4, 0.5) is 23.0 Å². The van der Waals surface area contributed by atoms with Crippen LogP contribution in [0.5, 0.6) is 5.75 Å². The van der Waals surface area contributed by atoms with Crippen LogP contribution in [-0.4, -0.2) is 53.7 Å². The van der Waals surface area contributed by atoms with E-state index < -0.39 is 0 Å². The van der Waals surface area contributed by atoms with Crippen LogP contribution < -0.4 is 25.6 Å². The van der Waals surface area contributed by atoms with Gasteiger partial charge in [0, 0.05) is 74.1 Å². The molecule has 0 spiro atoms. The first kappa shape index (κ1) is 23.3. The quantitative estimate of drug-likeness (QED) is 0.345. The number of hydrogen-bond acceptors (Lipinski definition) is 7. The molecule has 0 unspecified atom stereocenters. The minimum atomic E-state index is -0.127. The first-order valence-electron chi connectivity index (χ1n) is 12.8. The molecule has 0 radical (unpaired) electrons. The van der Waals surface area contributed by atoms with E-state index in [-0.39, 0.29) is 5.91 Å². The molecule has 3 N–H and O–H groups in total. The summed E-state index contributed by atoms with van der Waals surface area (Å²) in [5, 5.41) is 10.9. The van der Waals surface area contributed by atoms with Crippen LogP contribution in [0.1, 0.15) is 25.8 Å². The average Bonchev–Trinajstić information content (AvgIpc) is 3.69. The fourth-order valence-electron chi connectivity index (χ4n) is 5.05. The molecule has 190 valence electrons. The van der Waals surface area contributed by atoms with E-state index in [0.29, 0.717) is 23.4 Å². The lowest BCUT2D eigenvalue weighted by atomic mass is 10.1. The average molecular weight is 498 g/mol. The molecule has 9 nitrogen and oxygen atoms in total. The Morgan fingerprint density at radius 3 is 2.68 bits per heavy atom. The maximum atomic E-state index is 12.0. The van der Waals surface area contributed by atoms with Crippen LogP contribution in [-0.2, 0) is 4.79 Å². The number of amides is 1. The molecular formula is C28H31N7O2. The van der Waals surface area contributed by atoms with Gasteiger partial charge in [0.1, 0.15) is 5.75 Å². The number of para-hydroxylation sites is 1. The number of ether oxygens (including phenoxy) is 1. The van der Waals surface area contributed by atoms with Crippen LogP contribution >= 0.6 is 0 Å². The zero-order valence-corrected chi connectivity index (χ0v) is 21.1. The number of aromatic nitrogens is 3. The van der Waals surface area contributed by atoms with Gasteiger partial charge in [-0.15, -0.1) is 0 Å². The van der Waals surface area contributed by atoms with Crippen molar-refractivity contribution in [3.05, 3.63) is 54.9 Å². The number of carbonyl (C=O) groups excluding carboxylic acids is 1. The van der Waals surface area contributed by atoms with Gasteiger partial charge in [0.05, 0.1) is 29.9 Å². The molecule has 0 bridgehead atoms. The van der Waals surface area contributed by atoms with E-state index in [1.807, 2.05) is 18.2 Å². The number of nitrogens with zero attached hydrogens (tertiary/aromatic N) is 4. The number of piperazine rings is 1. The molecule has 37 heavy (non-hydrogen) atoms. The molecule has 0 atom stereocenters. The molecule has 1 aliphatic heterocycles.